The maximum atomic E-state index is 12.1. The molecule has 1 aliphatic rings. The van der Waals surface area contributed by atoms with Gasteiger partial charge in [-0.15, -0.1) is 0 Å². The molecule has 0 unspecified atom stereocenters. The quantitative estimate of drug-likeness (QED) is 0.864. The first-order valence-electron chi connectivity index (χ1n) is 6.82. The number of benzene rings is 1. The summed E-state index contributed by atoms with van der Waals surface area (Å²) in [4.78, 5) is 25.2. The SMILES string of the molecule is Cc1cc(C)c(NC(=O)CN2CCNC(=O)C2)c(C)c1. The lowest BCUT2D eigenvalue weighted by atomic mass is 10.1. The van der Waals surface area contributed by atoms with Crippen molar-refractivity contribution in [1.82, 2.24) is 10.2 Å². The monoisotopic (exact) mass is 275 g/mol. The van der Waals surface area contributed by atoms with Crippen molar-refractivity contribution in [2.75, 3.05) is 31.5 Å². The molecule has 2 N–H and O–H groups in total. The molecule has 0 spiro atoms. The zero-order valence-corrected chi connectivity index (χ0v) is 12.2. The van der Waals surface area contributed by atoms with Crippen LogP contribution in [-0.4, -0.2) is 42.9 Å². The summed E-state index contributed by atoms with van der Waals surface area (Å²) >= 11 is 0. The van der Waals surface area contributed by atoms with Gasteiger partial charge in [0.25, 0.3) is 0 Å². The number of anilines is 1. The number of amides is 2. The molecule has 1 saturated heterocycles. The fraction of sp³-hybridized carbons (Fsp3) is 0.467. The summed E-state index contributed by atoms with van der Waals surface area (Å²) in [6.07, 6.45) is 0. The van der Waals surface area contributed by atoms with Crippen LogP contribution in [0.15, 0.2) is 12.1 Å². The molecule has 1 heterocycles. The molecule has 5 heteroatoms. The highest BCUT2D eigenvalue weighted by atomic mass is 16.2. The number of carbonyl (C=O) groups is 2. The minimum Gasteiger partial charge on any atom is -0.354 e. The Kier molecular flexibility index (Phi) is 4.39. The van der Waals surface area contributed by atoms with Crippen LogP contribution < -0.4 is 10.6 Å². The molecule has 20 heavy (non-hydrogen) atoms. The van der Waals surface area contributed by atoms with Crippen molar-refractivity contribution in [1.29, 1.82) is 0 Å². The Morgan fingerprint density at radius 1 is 1.30 bits per heavy atom. The highest BCUT2D eigenvalue weighted by Gasteiger charge is 2.19. The van der Waals surface area contributed by atoms with Crippen LogP contribution in [0, 0.1) is 20.8 Å². The van der Waals surface area contributed by atoms with Gasteiger partial charge in [0, 0.05) is 18.8 Å². The summed E-state index contributed by atoms with van der Waals surface area (Å²) in [7, 11) is 0. The van der Waals surface area contributed by atoms with E-state index in [0.29, 0.717) is 19.6 Å². The van der Waals surface area contributed by atoms with Crippen LogP contribution in [-0.2, 0) is 9.59 Å². The highest BCUT2D eigenvalue weighted by molar-refractivity contribution is 5.94. The molecule has 5 nitrogen and oxygen atoms in total. The van der Waals surface area contributed by atoms with Gasteiger partial charge in [-0.25, -0.2) is 0 Å². The number of hydrogen-bond acceptors (Lipinski definition) is 3. The fourth-order valence-corrected chi connectivity index (χ4v) is 2.59. The third-order valence-electron chi connectivity index (χ3n) is 3.43. The molecule has 1 aromatic rings. The van der Waals surface area contributed by atoms with E-state index in [1.165, 1.54) is 5.56 Å². The molecule has 0 atom stereocenters. The Labute approximate surface area is 119 Å². The van der Waals surface area contributed by atoms with Crippen molar-refractivity contribution in [3.05, 3.63) is 28.8 Å². The molecule has 1 fully saturated rings. The molecular weight excluding hydrogens is 254 g/mol. The number of carbonyl (C=O) groups excluding carboxylic acids is 2. The second kappa shape index (κ2) is 6.05. The number of rotatable bonds is 3. The van der Waals surface area contributed by atoms with Gasteiger partial charge in [0.15, 0.2) is 0 Å². The van der Waals surface area contributed by atoms with Crippen LogP contribution in [0.5, 0.6) is 0 Å². The number of aryl methyl sites for hydroxylation is 3. The maximum Gasteiger partial charge on any atom is 0.238 e. The Balaban J connectivity index is 1.99. The number of nitrogens with zero attached hydrogens (tertiary/aromatic N) is 1. The molecule has 0 aliphatic carbocycles. The maximum absolute atomic E-state index is 12.1. The van der Waals surface area contributed by atoms with E-state index in [0.717, 1.165) is 16.8 Å². The first kappa shape index (κ1) is 14.5. The van der Waals surface area contributed by atoms with E-state index in [-0.39, 0.29) is 18.4 Å². The van der Waals surface area contributed by atoms with Crippen LogP contribution in [0.2, 0.25) is 0 Å². The van der Waals surface area contributed by atoms with E-state index < -0.39 is 0 Å². The largest absolute Gasteiger partial charge is 0.354 e. The predicted molar refractivity (Wildman–Crippen MR) is 78.7 cm³/mol. The average molecular weight is 275 g/mol. The number of nitrogens with one attached hydrogen (secondary N) is 2. The molecule has 0 bridgehead atoms. The van der Waals surface area contributed by atoms with E-state index in [2.05, 4.69) is 22.8 Å². The summed E-state index contributed by atoms with van der Waals surface area (Å²) < 4.78 is 0. The molecule has 0 radical (unpaired) electrons. The summed E-state index contributed by atoms with van der Waals surface area (Å²) in [5.41, 5.74) is 4.19. The van der Waals surface area contributed by atoms with Gasteiger partial charge in [-0.05, 0) is 31.9 Å². The molecule has 1 aromatic carbocycles. The first-order chi connectivity index (χ1) is 9.45. The lowest BCUT2D eigenvalue weighted by Gasteiger charge is -2.26. The lowest BCUT2D eigenvalue weighted by molar-refractivity contribution is -0.125. The molecule has 2 rings (SSSR count). The van der Waals surface area contributed by atoms with Gasteiger partial charge in [-0.2, -0.15) is 0 Å². The van der Waals surface area contributed by atoms with E-state index in [9.17, 15) is 9.59 Å². The molecule has 0 saturated carbocycles. The van der Waals surface area contributed by atoms with Crippen LogP contribution in [0.4, 0.5) is 5.69 Å². The molecule has 2 amide bonds. The summed E-state index contributed by atoms with van der Waals surface area (Å²) in [5, 5.41) is 5.70. The van der Waals surface area contributed by atoms with Crippen molar-refractivity contribution in [2.24, 2.45) is 0 Å². The van der Waals surface area contributed by atoms with Crippen molar-refractivity contribution >= 4 is 17.5 Å². The molecule has 108 valence electrons. The van der Waals surface area contributed by atoms with Crippen molar-refractivity contribution in [3.63, 3.8) is 0 Å². The normalized spacial score (nSPS) is 15.8. The van der Waals surface area contributed by atoms with Crippen molar-refractivity contribution < 1.29 is 9.59 Å². The minimum atomic E-state index is -0.0743. The van der Waals surface area contributed by atoms with Crippen molar-refractivity contribution in [2.45, 2.75) is 20.8 Å². The summed E-state index contributed by atoms with van der Waals surface area (Å²) in [6, 6.07) is 4.11. The van der Waals surface area contributed by atoms with E-state index in [1.54, 1.807) is 0 Å². The van der Waals surface area contributed by atoms with Gasteiger partial charge < -0.3 is 10.6 Å². The Hall–Kier alpha value is -1.88. The third-order valence-corrected chi connectivity index (χ3v) is 3.43. The van der Waals surface area contributed by atoms with Gasteiger partial charge in [0.1, 0.15) is 0 Å². The smallest absolute Gasteiger partial charge is 0.238 e. The van der Waals surface area contributed by atoms with Gasteiger partial charge in [0.2, 0.25) is 11.8 Å². The zero-order chi connectivity index (χ0) is 14.7. The predicted octanol–water partition coefficient (Wildman–Crippen LogP) is 0.982. The third kappa shape index (κ3) is 3.57. The van der Waals surface area contributed by atoms with Gasteiger partial charge >= 0.3 is 0 Å². The minimum absolute atomic E-state index is 0.0215. The number of piperazine rings is 1. The Bertz CT molecular complexity index is 517. The van der Waals surface area contributed by atoms with E-state index in [4.69, 9.17) is 0 Å². The molecule has 0 aromatic heterocycles. The molecule has 1 aliphatic heterocycles. The Morgan fingerprint density at radius 2 is 1.95 bits per heavy atom. The van der Waals surface area contributed by atoms with Gasteiger partial charge in [-0.1, -0.05) is 17.7 Å². The summed E-state index contributed by atoms with van der Waals surface area (Å²) in [5.74, 6) is -0.0958. The second-order valence-corrected chi connectivity index (χ2v) is 5.38. The van der Waals surface area contributed by atoms with Gasteiger partial charge in [-0.3, -0.25) is 14.5 Å². The fourth-order valence-electron chi connectivity index (χ4n) is 2.59. The number of hydrogen-bond donors (Lipinski definition) is 2. The zero-order valence-electron chi connectivity index (χ0n) is 12.2. The van der Waals surface area contributed by atoms with Crippen molar-refractivity contribution in [3.8, 4) is 0 Å². The second-order valence-electron chi connectivity index (χ2n) is 5.38. The van der Waals surface area contributed by atoms with Crippen LogP contribution >= 0.6 is 0 Å². The lowest BCUT2D eigenvalue weighted by Crippen LogP contribution is -2.49. The summed E-state index contributed by atoms with van der Waals surface area (Å²) in [6.45, 7) is 7.88. The van der Waals surface area contributed by atoms with E-state index in [1.807, 2.05) is 25.7 Å². The van der Waals surface area contributed by atoms with Crippen LogP contribution in [0.1, 0.15) is 16.7 Å². The highest BCUT2D eigenvalue weighted by Crippen LogP contribution is 2.21. The standard InChI is InChI=1S/C15H21N3O2/c1-10-6-11(2)15(12(3)7-10)17-14(20)9-18-5-4-16-13(19)8-18/h6-7H,4-5,8-9H2,1-3H3,(H,16,19)(H,17,20). The van der Waals surface area contributed by atoms with Crippen LogP contribution in [0.3, 0.4) is 0 Å². The first-order valence-corrected chi connectivity index (χ1v) is 6.82. The molecular formula is C15H21N3O2. The van der Waals surface area contributed by atoms with Crippen LogP contribution in [0.25, 0.3) is 0 Å². The van der Waals surface area contributed by atoms with E-state index >= 15 is 0 Å². The Morgan fingerprint density at radius 3 is 2.55 bits per heavy atom. The topological polar surface area (TPSA) is 61.4 Å². The average Bonchev–Trinajstić information content (AvgIpc) is 2.33. The van der Waals surface area contributed by atoms with Gasteiger partial charge in [0.05, 0.1) is 13.1 Å².